The number of ether oxygens (including phenoxy) is 2. The molecule has 0 spiro atoms. The van der Waals surface area contributed by atoms with Crippen molar-refractivity contribution in [1.29, 1.82) is 0 Å². The van der Waals surface area contributed by atoms with Crippen molar-refractivity contribution in [3.8, 4) is 11.5 Å². The molecule has 0 bridgehead atoms. The highest BCUT2D eigenvalue weighted by Gasteiger charge is 2.26. The molecule has 0 heterocycles. The maximum atomic E-state index is 11.8. The van der Waals surface area contributed by atoms with E-state index in [-0.39, 0.29) is 17.9 Å². The van der Waals surface area contributed by atoms with E-state index in [1.165, 1.54) is 13.2 Å². The number of carbonyl (C=O) groups is 2. The zero-order valence-corrected chi connectivity index (χ0v) is 16.8. The number of carboxylic acids is 1. The third-order valence-electron chi connectivity index (χ3n) is 2.85. The number of hydrogen-bond donors (Lipinski definition) is 3. The van der Waals surface area contributed by atoms with Crippen molar-refractivity contribution in [1.82, 2.24) is 5.32 Å². The van der Waals surface area contributed by atoms with Crippen molar-refractivity contribution < 1.29 is 29.3 Å². The van der Waals surface area contributed by atoms with E-state index in [1.54, 1.807) is 20.8 Å². The fourth-order valence-electron chi connectivity index (χ4n) is 1.82. The van der Waals surface area contributed by atoms with Crippen LogP contribution in [-0.2, 0) is 16.0 Å². The van der Waals surface area contributed by atoms with Gasteiger partial charge in [0.1, 0.15) is 11.6 Å². The average Bonchev–Trinajstić information content (AvgIpc) is 2.44. The van der Waals surface area contributed by atoms with Crippen molar-refractivity contribution in [2.75, 3.05) is 7.11 Å². The number of halogens is 2. The largest absolute Gasteiger partial charge is 0.503 e. The van der Waals surface area contributed by atoms with Crippen LogP contribution >= 0.6 is 31.9 Å². The predicted octanol–water partition coefficient (Wildman–Crippen LogP) is 3.45. The lowest BCUT2D eigenvalue weighted by molar-refractivity contribution is -0.139. The molecule has 7 nitrogen and oxygen atoms in total. The fourth-order valence-corrected chi connectivity index (χ4v) is 2.73. The van der Waals surface area contributed by atoms with E-state index in [0.717, 1.165) is 0 Å². The molecule has 0 aromatic heterocycles. The quantitative estimate of drug-likeness (QED) is 0.611. The highest BCUT2D eigenvalue weighted by atomic mass is 79.9. The Morgan fingerprint density at radius 3 is 2.33 bits per heavy atom. The van der Waals surface area contributed by atoms with E-state index in [9.17, 15) is 19.8 Å². The van der Waals surface area contributed by atoms with E-state index in [2.05, 4.69) is 37.2 Å². The molecule has 24 heavy (non-hydrogen) atoms. The van der Waals surface area contributed by atoms with Gasteiger partial charge in [0.05, 0.1) is 11.6 Å². The molecule has 0 saturated carbocycles. The molecule has 0 radical (unpaired) electrons. The molecule has 0 aliphatic carbocycles. The van der Waals surface area contributed by atoms with Crippen LogP contribution in [0.3, 0.4) is 0 Å². The summed E-state index contributed by atoms with van der Waals surface area (Å²) in [4.78, 5) is 23.3. The summed E-state index contributed by atoms with van der Waals surface area (Å²) in [6.07, 6.45) is -0.861. The molecule has 0 aliphatic heterocycles. The third kappa shape index (κ3) is 5.55. The second-order valence-electron chi connectivity index (χ2n) is 5.96. The number of rotatable bonds is 5. The number of phenolic OH excluding ortho intramolecular Hbond substituents is 1. The Labute approximate surface area is 156 Å². The Kier molecular flexibility index (Phi) is 6.91. The maximum Gasteiger partial charge on any atom is 0.408 e. The summed E-state index contributed by atoms with van der Waals surface area (Å²) in [5.74, 6) is -1.14. The molecule has 1 unspecified atom stereocenters. The zero-order valence-electron chi connectivity index (χ0n) is 13.6. The van der Waals surface area contributed by atoms with Crippen molar-refractivity contribution in [2.24, 2.45) is 0 Å². The van der Waals surface area contributed by atoms with Gasteiger partial charge in [-0.25, -0.2) is 9.59 Å². The van der Waals surface area contributed by atoms with Gasteiger partial charge >= 0.3 is 12.1 Å². The summed E-state index contributed by atoms with van der Waals surface area (Å²) < 4.78 is 10.9. The van der Waals surface area contributed by atoms with E-state index >= 15 is 0 Å². The molecule has 3 N–H and O–H groups in total. The number of alkyl carbamates (subject to hydrolysis) is 1. The molecule has 0 fully saturated rings. The normalized spacial score (nSPS) is 12.4. The molecular weight excluding hydrogens is 450 g/mol. The molecule has 0 saturated heterocycles. The van der Waals surface area contributed by atoms with E-state index < -0.39 is 23.7 Å². The minimum Gasteiger partial charge on any atom is -0.503 e. The minimum atomic E-state index is -1.21. The lowest BCUT2D eigenvalue weighted by Crippen LogP contribution is -2.44. The topological polar surface area (TPSA) is 105 Å². The van der Waals surface area contributed by atoms with Gasteiger partial charge in [-0.05, 0) is 64.3 Å². The fraction of sp³-hybridized carbons (Fsp3) is 0.467. The van der Waals surface area contributed by atoms with Gasteiger partial charge < -0.3 is 25.0 Å². The molecule has 9 heteroatoms. The number of hydrogen-bond acceptors (Lipinski definition) is 5. The number of amides is 1. The summed E-state index contributed by atoms with van der Waals surface area (Å²) in [6.45, 7) is 5.04. The van der Waals surface area contributed by atoms with E-state index in [0.29, 0.717) is 14.5 Å². The Balaban J connectivity index is 3.04. The van der Waals surface area contributed by atoms with Crippen molar-refractivity contribution >= 4 is 43.9 Å². The Bertz CT molecular complexity index is 642. The second kappa shape index (κ2) is 8.06. The summed E-state index contributed by atoms with van der Waals surface area (Å²) in [6, 6.07) is 0.286. The number of carboxylic acid groups (broad SMARTS) is 1. The molecule has 1 rings (SSSR count). The first-order valence-corrected chi connectivity index (χ1v) is 8.51. The molecule has 0 aliphatic rings. The number of aromatic hydroxyl groups is 1. The molecule has 1 aromatic carbocycles. The maximum absolute atomic E-state index is 11.8. The Morgan fingerprint density at radius 1 is 1.29 bits per heavy atom. The van der Waals surface area contributed by atoms with Gasteiger partial charge in [0, 0.05) is 10.9 Å². The molecule has 1 aromatic rings. The monoisotopic (exact) mass is 467 g/mol. The molecule has 134 valence electrons. The van der Waals surface area contributed by atoms with Crippen LogP contribution in [-0.4, -0.2) is 41.0 Å². The van der Waals surface area contributed by atoms with Gasteiger partial charge in [0.25, 0.3) is 0 Å². The number of phenols is 1. The number of aliphatic carboxylic acids is 1. The number of nitrogens with one attached hydrogen (secondary N) is 1. The Hall–Kier alpha value is -1.48. The zero-order chi connectivity index (χ0) is 18.7. The van der Waals surface area contributed by atoms with Crippen molar-refractivity contribution in [2.45, 2.75) is 38.8 Å². The second-order valence-corrected chi connectivity index (χ2v) is 7.54. The minimum absolute atomic E-state index is 0.0373. The summed E-state index contributed by atoms with van der Waals surface area (Å²) >= 11 is 6.49. The van der Waals surface area contributed by atoms with Crippen LogP contribution in [0.5, 0.6) is 11.5 Å². The predicted molar refractivity (Wildman–Crippen MR) is 94.6 cm³/mol. The van der Waals surface area contributed by atoms with Crippen molar-refractivity contribution in [3.63, 3.8) is 0 Å². The highest BCUT2D eigenvalue weighted by molar-refractivity contribution is 9.13. The molecule has 1 amide bonds. The Morgan fingerprint density at radius 2 is 1.88 bits per heavy atom. The number of methoxy groups -OCH3 is 1. The lowest BCUT2D eigenvalue weighted by Gasteiger charge is -2.22. The van der Waals surface area contributed by atoms with Gasteiger partial charge in [0.2, 0.25) is 0 Å². The van der Waals surface area contributed by atoms with Gasteiger partial charge in [-0.2, -0.15) is 0 Å². The standard InChI is InChI=1S/C15H19Br2NO6/c1-15(2,3)24-14(22)18-8(13(20)21)5-7-6-9(23-4)12(19)11(17)10(7)16/h6,8,19H,5H2,1-4H3,(H,18,22)(H,20,21). The molecular formula is C15H19Br2NO6. The summed E-state index contributed by atoms with van der Waals surface area (Å²) in [5.41, 5.74) is -0.210. The average molecular weight is 469 g/mol. The van der Waals surface area contributed by atoms with Gasteiger partial charge in [-0.1, -0.05) is 0 Å². The summed E-state index contributed by atoms with van der Waals surface area (Å²) in [5, 5.41) is 21.6. The van der Waals surface area contributed by atoms with Gasteiger partial charge in [-0.15, -0.1) is 0 Å². The SMILES string of the molecule is COc1cc(CC(NC(=O)OC(C)(C)C)C(=O)O)c(Br)c(Br)c1O. The number of carbonyl (C=O) groups excluding carboxylic acids is 1. The lowest BCUT2D eigenvalue weighted by atomic mass is 10.1. The smallest absolute Gasteiger partial charge is 0.408 e. The highest BCUT2D eigenvalue weighted by Crippen LogP contribution is 2.42. The first kappa shape index (κ1) is 20.6. The first-order valence-electron chi connectivity index (χ1n) is 6.92. The summed E-state index contributed by atoms with van der Waals surface area (Å²) in [7, 11) is 1.38. The van der Waals surface area contributed by atoms with E-state index in [1.807, 2.05) is 0 Å². The van der Waals surface area contributed by atoms with E-state index in [4.69, 9.17) is 9.47 Å². The van der Waals surface area contributed by atoms with Crippen LogP contribution in [0.1, 0.15) is 26.3 Å². The molecule has 1 atom stereocenters. The van der Waals surface area contributed by atoms with Crippen LogP contribution in [0.4, 0.5) is 4.79 Å². The van der Waals surface area contributed by atoms with Crippen LogP contribution in [0.15, 0.2) is 15.0 Å². The van der Waals surface area contributed by atoms with Crippen LogP contribution in [0.2, 0.25) is 0 Å². The third-order valence-corrected chi connectivity index (χ3v) is 5.06. The van der Waals surface area contributed by atoms with Gasteiger partial charge in [-0.3, -0.25) is 0 Å². The van der Waals surface area contributed by atoms with Crippen molar-refractivity contribution in [3.05, 3.63) is 20.6 Å². The van der Waals surface area contributed by atoms with Crippen LogP contribution in [0, 0.1) is 0 Å². The van der Waals surface area contributed by atoms with Crippen LogP contribution in [0.25, 0.3) is 0 Å². The van der Waals surface area contributed by atoms with Crippen LogP contribution < -0.4 is 10.1 Å². The van der Waals surface area contributed by atoms with Gasteiger partial charge in [0.15, 0.2) is 11.5 Å². The first-order chi connectivity index (χ1) is 11.0. The number of benzene rings is 1.